The first-order valence-corrected chi connectivity index (χ1v) is 14.9. The molecule has 1 saturated heterocycles. The summed E-state index contributed by atoms with van der Waals surface area (Å²) in [4.78, 5) is 32.6. The number of fused-ring (bicyclic) bond motifs is 3. The topological polar surface area (TPSA) is 92.7 Å². The molecule has 1 amide bonds. The third-order valence-electron chi connectivity index (χ3n) is 7.22. The molecular formula is C30H31ClN6O3S. The van der Waals surface area contributed by atoms with E-state index in [0.717, 1.165) is 78.0 Å². The van der Waals surface area contributed by atoms with E-state index in [2.05, 4.69) is 25.2 Å². The third kappa shape index (κ3) is 6.68. The molecule has 2 aliphatic rings. The van der Waals surface area contributed by atoms with Crippen LogP contribution < -0.4 is 10.1 Å². The maximum Gasteiger partial charge on any atom is 0.246 e. The van der Waals surface area contributed by atoms with Gasteiger partial charge in [0, 0.05) is 42.9 Å². The SMILES string of the molecule is O=C(C=CCCN1CCOCC1)N1CCc2c(sc3ncnc(Nc4ccc(OCc5ccccn5)c(Cl)c4)c23)C1. The number of ether oxygens (including phenoxy) is 2. The van der Waals surface area contributed by atoms with Gasteiger partial charge in [0.2, 0.25) is 5.91 Å². The highest BCUT2D eigenvalue weighted by molar-refractivity contribution is 7.19. The minimum atomic E-state index is 0.0551. The normalized spacial score (nSPS) is 15.8. The molecule has 0 spiro atoms. The van der Waals surface area contributed by atoms with E-state index in [1.807, 2.05) is 47.4 Å². The number of nitrogens with one attached hydrogen (secondary N) is 1. The zero-order chi connectivity index (χ0) is 28.0. The maximum absolute atomic E-state index is 12.9. The molecule has 0 atom stereocenters. The molecule has 6 rings (SSSR count). The van der Waals surface area contributed by atoms with Crippen LogP contribution in [0.25, 0.3) is 10.2 Å². The van der Waals surface area contributed by atoms with Crippen LogP contribution in [0.4, 0.5) is 11.5 Å². The number of carbonyl (C=O) groups excluding carboxylic acids is 1. The van der Waals surface area contributed by atoms with E-state index < -0.39 is 0 Å². The molecule has 5 heterocycles. The Bertz CT molecular complexity index is 1540. The van der Waals surface area contributed by atoms with E-state index >= 15 is 0 Å². The van der Waals surface area contributed by atoms with Crippen LogP contribution in [-0.2, 0) is 29.1 Å². The first-order chi connectivity index (χ1) is 20.1. The van der Waals surface area contributed by atoms with Crippen molar-refractivity contribution in [1.29, 1.82) is 0 Å². The summed E-state index contributed by atoms with van der Waals surface area (Å²) in [6.45, 7) is 6.03. The number of thiophene rings is 1. The van der Waals surface area contributed by atoms with Crippen molar-refractivity contribution < 1.29 is 14.3 Å². The van der Waals surface area contributed by atoms with E-state index in [-0.39, 0.29) is 5.91 Å². The van der Waals surface area contributed by atoms with Crippen LogP contribution in [0, 0.1) is 0 Å². The number of aromatic nitrogens is 3. The second-order valence-electron chi connectivity index (χ2n) is 9.94. The average Bonchev–Trinajstić information content (AvgIpc) is 3.39. The number of rotatable bonds is 9. The van der Waals surface area contributed by atoms with Crippen LogP contribution in [0.15, 0.2) is 61.1 Å². The van der Waals surface area contributed by atoms with Crippen LogP contribution >= 0.6 is 22.9 Å². The summed E-state index contributed by atoms with van der Waals surface area (Å²) in [5, 5.41) is 4.92. The molecule has 41 heavy (non-hydrogen) atoms. The Labute approximate surface area is 247 Å². The molecule has 11 heteroatoms. The predicted molar refractivity (Wildman–Crippen MR) is 161 cm³/mol. The van der Waals surface area contributed by atoms with Gasteiger partial charge in [0.25, 0.3) is 0 Å². The largest absolute Gasteiger partial charge is 0.486 e. The van der Waals surface area contributed by atoms with E-state index in [1.165, 1.54) is 5.56 Å². The minimum Gasteiger partial charge on any atom is -0.486 e. The molecule has 0 radical (unpaired) electrons. The molecule has 1 aromatic carbocycles. The number of hydrogen-bond donors (Lipinski definition) is 1. The van der Waals surface area contributed by atoms with Crippen molar-refractivity contribution in [3.8, 4) is 5.75 Å². The Hall–Kier alpha value is -3.57. The summed E-state index contributed by atoms with van der Waals surface area (Å²) in [7, 11) is 0. The Balaban J connectivity index is 1.10. The molecule has 0 unspecified atom stereocenters. The highest BCUT2D eigenvalue weighted by Crippen LogP contribution is 2.39. The lowest BCUT2D eigenvalue weighted by Gasteiger charge is -2.26. The van der Waals surface area contributed by atoms with E-state index in [4.69, 9.17) is 21.1 Å². The van der Waals surface area contributed by atoms with E-state index in [0.29, 0.717) is 30.5 Å². The highest BCUT2D eigenvalue weighted by atomic mass is 35.5. The van der Waals surface area contributed by atoms with Crippen LogP contribution in [0.3, 0.4) is 0 Å². The number of carbonyl (C=O) groups is 1. The highest BCUT2D eigenvalue weighted by Gasteiger charge is 2.25. The van der Waals surface area contributed by atoms with Gasteiger partial charge in [-0.05, 0) is 54.8 Å². The molecule has 4 aromatic rings. The Morgan fingerprint density at radius 1 is 1.15 bits per heavy atom. The summed E-state index contributed by atoms with van der Waals surface area (Å²) in [6.07, 6.45) is 8.63. The third-order valence-corrected chi connectivity index (χ3v) is 8.64. The Kier molecular flexibility index (Phi) is 8.71. The minimum absolute atomic E-state index is 0.0551. The standard InChI is InChI=1S/C30H31ClN6O3S/c31-24-17-21(7-8-25(24)40-19-22-5-1-3-10-32-22)35-29-28-23-9-12-37(18-26(23)41-30(28)34-20-33-29)27(38)6-2-4-11-36-13-15-39-16-14-36/h1-3,5-8,10,17,20H,4,9,11-16,18-19H2,(H,33,34,35). The van der Waals surface area contributed by atoms with Crippen molar-refractivity contribution in [2.24, 2.45) is 0 Å². The Morgan fingerprint density at radius 2 is 2.05 bits per heavy atom. The number of halogens is 1. The molecule has 212 valence electrons. The number of nitrogens with zero attached hydrogens (tertiary/aromatic N) is 5. The average molecular weight is 591 g/mol. The predicted octanol–water partition coefficient (Wildman–Crippen LogP) is 5.23. The van der Waals surface area contributed by atoms with E-state index in [1.54, 1.807) is 29.9 Å². The van der Waals surface area contributed by atoms with Gasteiger partial charge < -0.3 is 19.7 Å². The second kappa shape index (κ2) is 12.9. The van der Waals surface area contributed by atoms with Gasteiger partial charge in [0.05, 0.1) is 35.9 Å². The van der Waals surface area contributed by atoms with Gasteiger partial charge in [-0.3, -0.25) is 14.7 Å². The van der Waals surface area contributed by atoms with Gasteiger partial charge in [0.1, 0.15) is 29.3 Å². The van der Waals surface area contributed by atoms with Crippen molar-refractivity contribution in [2.45, 2.75) is 26.0 Å². The van der Waals surface area contributed by atoms with Crippen molar-refractivity contribution >= 4 is 50.6 Å². The summed E-state index contributed by atoms with van der Waals surface area (Å²) >= 11 is 8.16. The number of hydrogen-bond acceptors (Lipinski definition) is 9. The molecule has 9 nitrogen and oxygen atoms in total. The first kappa shape index (κ1) is 27.6. The van der Waals surface area contributed by atoms with Gasteiger partial charge in [-0.25, -0.2) is 9.97 Å². The fraction of sp³-hybridized carbons (Fsp3) is 0.333. The number of pyridine rings is 1. The van der Waals surface area contributed by atoms with Crippen LogP contribution in [0.1, 0.15) is 22.6 Å². The van der Waals surface area contributed by atoms with Gasteiger partial charge in [0.15, 0.2) is 0 Å². The summed E-state index contributed by atoms with van der Waals surface area (Å²) in [6, 6.07) is 11.3. The maximum atomic E-state index is 12.9. The van der Waals surface area contributed by atoms with Crippen molar-refractivity contribution in [3.63, 3.8) is 0 Å². The molecule has 3 aromatic heterocycles. The quantitative estimate of drug-likeness (QED) is 0.265. The number of morpholine rings is 1. The zero-order valence-corrected chi connectivity index (χ0v) is 24.2. The monoisotopic (exact) mass is 590 g/mol. The molecular weight excluding hydrogens is 560 g/mol. The summed E-state index contributed by atoms with van der Waals surface area (Å²) < 4.78 is 11.3. The van der Waals surface area contributed by atoms with E-state index in [9.17, 15) is 4.79 Å². The van der Waals surface area contributed by atoms with Crippen LogP contribution in [0.5, 0.6) is 5.75 Å². The summed E-state index contributed by atoms with van der Waals surface area (Å²) in [5.41, 5.74) is 2.83. The van der Waals surface area contributed by atoms with Crippen LogP contribution in [0.2, 0.25) is 5.02 Å². The lowest BCUT2D eigenvalue weighted by molar-refractivity contribution is -0.126. The lowest BCUT2D eigenvalue weighted by atomic mass is 10.0. The van der Waals surface area contributed by atoms with Gasteiger partial charge in [-0.2, -0.15) is 0 Å². The zero-order valence-electron chi connectivity index (χ0n) is 22.6. The van der Waals surface area contributed by atoms with Crippen molar-refractivity contribution in [2.75, 3.05) is 44.7 Å². The lowest BCUT2D eigenvalue weighted by Crippen LogP contribution is -2.36. The summed E-state index contributed by atoms with van der Waals surface area (Å²) in [5.74, 6) is 1.37. The smallest absolute Gasteiger partial charge is 0.246 e. The molecule has 0 aliphatic carbocycles. The van der Waals surface area contributed by atoms with Crippen molar-refractivity contribution in [1.82, 2.24) is 24.8 Å². The Morgan fingerprint density at radius 3 is 2.88 bits per heavy atom. The molecule has 1 fully saturated rings. The molecule has 1 N–H and O–H groups in total. The van der Waals surface area contributed by atoms with Gasteiger partial charge >= 0.3 is 0 Å². The van der Waals surface area contributed by atoms with Crippen molar-refractivity contribution in [3.05, 3.63) is 82.2 Å². The molecule has 0 bridgehead atoms. The fourth-order valence-electron chi connectivity index (χ4n) is 5.05. The first-order valence-electron chi connectivity index (χ1n) is 13.7. The van der Waals surface area contributed by atoms with Gasteiger partial charge in [-0.15, -0.1) is 11.3 Å². The number of amides is 1. The van der Waals surface area contributed by atoms with Gasteiger partial charge in [-0.1, -0.05) is 23.7 Å². The van der Waals surface area contributed by atoms with Crippen LogP contribution in [-0.4, -0.2) is 70.1 Å². The molecule has 2 aliphatic heterocycles. The number of benzene rings is 1. The second-order valence-corrected chi connectivity index (χ2v) is 11.4. The fourth-order valence-corrected chi connectivity index (χ4v) is 6.49. The number of anilines is 2. The molecule has 0 saturated carbocycles.